The maximum atomic E-state index is 14.3. The van der Waals surface area contributed by atoms with Crippen LogP contribution in [0.4, 0.5) is 0 Å². The van der Waals surface area contributed by atoms with Gasteiger partial charge in [-0.3, -0.25) is 9.59 Å². The van der Waals surface area contributed by atoms with Crippen molar-refractivity contribution in [2.45, 2.75) is 112 Å². The van der Waals surface area contributed by atoms with Gasteiger partial charge in [-0.05, 0) is 90.1 Å². The van der Waals surface area contributed by atoms with Gasteiger partial charge in [0.2, 0.25) is 0 Å². The quantitative estimate of drug-likeness (QED) is 0.416. The molecular weight excluding hydrogens is 486 g/mol. The molecule has 7 nitrogen and oxygen atoms in total. The Morgan fingerprint density at radius 1 is 0.897 bits per heavy atom. The highest BCUT2D eigenvalue weighted by Gasteiger charge is 2.68. The number of nitrogens with zero attached hydrogens (tertiary/aromatic N) is 5. The molecule has 0 N–H and O–H groups in total. The number of hydrogen-bond donors (Lipinski definition) is 0. The van der Waals surface area contributed by atoms with Crippen LogP contribution in [0.3, 0.4) is 0 Å². The van der Waals surface area contributed by atoms with Crippen LogP contribution in [-0.4, -0.2) is 31.8 Å². The summed E-state index contributed by atoms with van der Waals surface area (Å²) in [4.78, 5) is 29.1. The highest BCUT2D eigenvalue weighted by atomic mass is 16.1. The lowest BCUT2D eigenvalue weighted by molar-refractivity contribution is -0.190. The molecule has 1 aromatic heterocycles. The highest BCUT2D eigenvalue weighted by Crippen LogP contribution is 2.72. The van der Waals surface area contributed by atoms with Crippen LogP contribution in [0.5, 0.6) is 0 Å². The van der Waals surface area contributed by atoms with E-state index in [1.165, 1.54) is 0 Å². The van der Waals surface area contributed by atoms with E-state index in [2.05, 4.69) is 56.1 Å². The van der Waals surface area contributed by atoms with Crippen molar-refractivity contribution in [2.24, 2.45) is 51.9 Å². The summed E-state index contributed by atoms with van der Waals surface area (Å²) in [6.45, 7) is 15.8. The Hall–Kier alpha value is -2.36. The number of Topliss-reactive ketones (excluding diaryl/α,β-unsaturated/α-hetero) is 2. The zero-order valence-electron chi connectivity index (χ0n) is 25.3. The molecule has 0 radical (unpaired) electrons. The van der Waals surface area contributed by atoms with E-state index < -0.39 is 5.41 Å². The summed E-state index contributed by atoms with van der Waals surface area (Å²) in [7, 11) is 1.82. The second-order valence-corrected chi connectivity index (χ2v) is 15.4. The fraction of sp³-hybridized carbons (Fsp3) is 0.812. The maximum Gasteiger partial charge on any atom is 0.178 e. The summed E-state index contributed by atoms with van der Waals surface area (Å²) in [6, 6.07) is 2.23. The van der Waals surface area contributed by atoms with Crippen LogP contribution in [0.1, 0.15) is 118 Å². The molecule has 1 heterocycles. The SMILES string of the molecule is Cn1nnc([C@H]2CCC(C)(C)CCC3C(=O)C[C@@H]4[C@@]5(C)C=C(C#N)C(=O)C(C)(C)[C@@H]5CC[C@@]4(C)[C@]3(C)CC2)n1. The molecule has 39 heavy (non-hydrogen) atoms. The number of ketones is 2. The zero-order valence-corrected chi connectivity index (χ0v) is 25.3. The van der Waals surface area contributed by atoms with Gasteiger partial charge >= 0.3 is 0 Å². The Bertz CT molecular complexity index is 1250. The molecule has 0 aliphatic heterocycles. The summed E-state index contributed by atoms with van der Waals surface area (Å²) in [5.41, 5.74) is -0.850. The lowest BCUT2D eigenvalue weighted by Crippen LogP contribution is -2.65. The van der Waals surface area contributed by atoms with Gasteiger partial charge in [-0.1, -0.05) is 54.5 Å². The summed E-state index contributed by atoms with van der Waals surface area (Å²) < 4.78 is 0. The number of carbonyl (C=O) groups is 2. The lowest BCUT2D eigenvalue weighted by Gasteiger charge is -2.68. The molecule has 212 valence electrons. The largest absolute Gasteiger partial charge is 0.299 e. The van der Waals surface area contributed by atoms with Crippen LogP contribution in [-0.2, 0) is 16.6 Å². The van der Waals surface area contributed by atoms with E-state index >= 15 is 0 Å². The van der Waals surface area contributed by atoms with Crippen molar-refractivity contribution >= 4 is 11.6 Å². The third kappa shape index (κ3) is 4.15. The molecule has 7 heteroatoms. The fourth-order valence-corrected chi connectivity index (χ4v) is 9.89. The van der Waals surface area contributed by atoms with Gasteiger partial charge in [-0.2, -0.15) is 10.1 Å². The van der Waals surface area contributed by atoms with E-state index in [1.807, 2.05) is 27.0 Å². The summed E-state index contributed by atoms with van der Waals surface area (Å²) >= 11 is 0. The molecule has 7 atom stereocenters. The fourth-order valence-electron chi connectivity index (χ4n) is 9.89. The van der Waals surface area contributed by atoms with Crippen LogP contribution >= 0.6 is 0 Å². The van der Waals surface area contributed by atoms with E-state index in [4.69, 9.17) is 0 Å². The van der Waals surface area contributed by atoms with Crippen molar-refractivity contribution in [2.75, 3.05) is 0 Å². The van der Waals surface area contributed by atoms with Crippen molar-refractivity contribution < 1.29 is 9.59 Å². The Balaban J connectivity index is 1.60. The Kier molecular flexibility index (Phi) is 6.56. The van der Waals surface area contributed by atoms with Gasteiger partial charge in [-0.25, -0.2) is 0 Å². The lowest BCUT2D eigenvalue weighted by atomic mass is 9.35. The van der Waals surface area contributed by atoms with E-state index in [-0.39, 0.29) is 56.7 Å². The molecule has 0 bridgehead atoms. The first-order valence-corrected chi connectivity index (χ1v) is 15.0. The van der Waals surface area contributed by atoms with Crippen LogP contribution in [0.2, 0.25) is 0 Å². The number of nitriles is 1. The Labute approximate surface area is 234 Å². The molecular formula is C32H47N5O2. The number of carbonyl (C=O) groups excluding carboxylic acids is 2. The van der Waals surface area contributed by atoms with Crippen molar-refractivity contribution in [1.29, 1.82) is 5.26 Å². The third-order valence-electron chi connectivity index (χ3n) is 12.5. The number of rotatable bonds is 1. The molecule has 4 aliphatic carbocycles. The first-order chi connectivity index (χ1) is 18.1. The second-order valence-electron chi connectivity index (χ2n) is 15.4. The molecule has 5 rings (SSSR count). The minimum absolute atomic E-state index is 0.0180. The number of aromatic nitrogens is 4. The number of aryl methyl sites for hydroxylation is 1. The van der Waals surface area contributed by atoms with Gasteiger partial charge in [-0.15, -0.1) is 10.2 Å². The third-order valence-corrected chi connectivity index (χ3v) is 12.5. The van der Waals surface area contributed by atoms with Crippen molar-refractivity contribution in [3.8, 4) is 6.07 Å². The molecule has 3 saturated carbocycles. The summed E-state index contributed by atoms with van der Waals surface area (Å²) in [5, 5.41) is 23.1. The Morgan fingerprint density at radius 2 is 1.54 bits per heavy atom. The van der Waals surface area contributed by atoms with Crippen LogP contribution < -0.4 is 0 Å². The number of hydrogen-bond acceptors (Lipinski definition) is 6. The first-order valence-electron chi connectivity index (χ1n) is 15.0. The van der Waals surface area contributed by atoms with Gasteiger partial charge in [0, 0.05) is 23.7 Å². The Morgan fingerprint density at radius 3 is 2.18 bits per heavy atom. The first kappa shape index (κ1) is 28.2. The van der Waals surface area contributed by atoms with E-state index in [1.54, 1.807) is 4.80 Å². The van der Waals surface area contributed by atoms with Gasteiger partial charge in [0.1, 0.15) is 11.9 Å². The van der Waals surface area contributed by atoms with Gasteiger partial charge in [0.05, 0.1) is 12.6 Å². The number of fused-ring (bicyclic) bond motifs is 5. The summed E-state index contributed by atoms with van der Waals surface area (Å²) in [6.07, 6.45) is 10.4. The zero-order chi connectivity index (χ0) is 28.6. The number of allylic oxidation sites excluding steroid dienone is 2. The van der Waals surface area contributed by atoms with Crippen LogP contribution in [0, 0.1) is 56.2 Å². The van der Waals surface area contributed by atoms with Gasteiger partial charge < -0.3 is 0 Å². The van der Waals surface area contributed by atoms with Crippen molar-refractivity contribution in [1.82, 2.24) is 20.2 Å². The van der Waals surface area contributed by atoms with E-state index in [9.17, 15) is 14.9 Å². The second kappa shape index (κ2) is 9.08. The van der Waals surface area contributed by atoms with Crippen molar-refractivity contribution in [3.05, 3.63) is 17.5 Å². The minimum atomic E-state index is -0.611. The van der Waals surface area contributed by atoms with E-state index in [0.717, 1.165) is 57.2 Å². The summed E-state index contributed by atoms with van der Waals surface area (Å²) in [5.74, 6) is 1.62. The molecule has 3 fully saturated rings. The average molecular weight is 534 g/mol. The molecule has 0 saturated heterocycles. The smallest absolute Gasteiger partial charge is 0.178 e. The van der Waals surface area contributed by atoms with Gasteiger partial charge in [0.25, 0.3) is 0 Å². The molecule has 0 aromatic carbocycles. The minimum Gasteiger partial charge on any atom is -0.299 e. The van der Waals surface area contributed by atoms with Crippen molar-refractivity contribution in [3.63, 3.8) is 0 Å². The van der Waals surface area contributed by atoms with Crippen LogP contribution in [0.15, 0.2) is 11.6 Å². The highest BCUT2D eigenvalue weighted by molar-refractivity contribution is 6.04. The molecule has 4 aliphatic rings. The predicted octanol–water partition coefficient (Wildman–Crippen LogP) is 6.37. The maximum absolute atomic E-state index is 14.3. The normalized spacial score (nSPS) is 41.9. The molecule has 1 aromatic rings. The topological polar surface area (TPSA) is 102 Å². The molecule has 1 unspecified atom stereocenters. The van der Waals surface area contributed by atoms with Gasteiger partial charge in [0.15, 0.2) is 11.6 Å². The number of tetrazole rings is 1. The molecule has 0 amide bonds. The average Bonchev–Trinajstić information content (AvgIpc) is 3.28. The monoisotopic (exact) mass is 533 g/mol. The standard InChI is InChI=1S/C32H47N5O2/c1-28(2)13-9-20(27-34-36-37(8)35-27)10-15-31(6)22(11-14-28)23(38)17-25-30(5)18-21(19-33)26(39)29(3,4)24(30)12-16-32(25,31)7/h18,20,22,24-25H,9-17H2,1-8H3/t20-,22?,24-,25+,30-,31+,32+/m0/s1. The predicted molar refractivity (Wildman–Crippen MR) is 149 cm³/mol. The molecule has 0 spiro atoms. The van der Waals surface area contributed by atoms with Crippen LogP contribution in [0.25, 0.3) is 0 Å². The van der Waals surface area contributed by atoms with E-state index in [0.29, 0.717) is 12.2 Å².